The Balaban J connectivity index is 1.68. The standard InChI is InChI=1S/C11H18N2O/c1-9-3-2-4-10(9)5-12-6-11-7-13-8-14-11/h7-10,12H,2-6H2,1H3. The third-order valence-corrected chi connectivity index (χ3v) is 3.23. The molecule has 0 aromatic carbocycles. The first-order chi connectivity index (χ1) is 6.86. The van der Waals surface area contributed by atoms with Gasteiger partial charge in [-0.1, -0.05) is 19.8 Å². The highest BCUT2D eigenvalue weighted by atomic mass is 16.3. The number of nitrogens with one attached hydrogen (secondary N) is 1. The van der Waals surface area contributed by atoms with Gasteiger partial charge in [-0.2, -0.15) is 0 Å². The fourth-order valence-electron chi connectivity index (χ4n) is 2.24. The summed E-state index contributed by atoms with van der Waals surface area (Å²) >= 11 is 0. The SMILES string of the molecule is CC1CCCC1CNCc1cnco1. The molecule has 78 valence electrons. The van der Waals surface area contributed by atoms with E-state index in [1.54, 1.807) is 6.20 Å². The Kier molecular flexibility index (Phi) is 3.19. The predicted octanol–water partition coefficient (Wildman–Crippen LogP) is 2.20. The summed E-state index contributed by atoms with van der Waals surface area (Å²) in [6.07, 6.45) is 7.43. The van der Waals surface area contributed by atoms with Crippen molar-refractivity contribution in [2.24, 2.45) is 11.8 Å². The molecule has 3 heteroatoms. The number of hydrogen-bond acceptors (Lipinski definition) is 3. The van der Waals surface area contributed by atoms with Crippen molar-refractivity contribution in [3.8, 4) is 0 Å². The lowest BCUT2D eigenvalue weighted by molar-refractivity contribution is 0.380. The molecule has 1 saturated carbocycles. The molecule has 1 fully saturated rings. The molecule has 1 aliphatic carbocycles. The van der Waals surface area contributed by atoms with Gasteiger partial charge in [0.1, 0.15) is 5.76 Å². The van der Waals surface area contributed by atoms with Crippen LogP contribution < -0.4 is 5.32 Å². The molecular formula is C11H18N2O. The van der Waals surface area contributed by atoms with Crippen LogP contribution in [-0.2, 0) is 6.54 Å². The lowest BCUT2D eigenvalue weighted by atomic mass is 9.98. The molecule has 0 aliphatic heterocycles. The molecular weight excluding hydrogens is 176 g/mol. The summed E-state index contributed by atoms with van der Waals surface area (Å²) in [5, 5.41) is 3.43. The van der Waals surface area contributed by atoms with Crippen molar-refractivity contribution in [2.45, 2.75) is 32.7 Å². The van der Waals surface area contributed by atoms with E-state index in [4.69, 9.17) is 4.42 Å². The number of rotatable bonds is 4. The maximum Gasteiger partial charge on any atom is 0.180 e. The number of oxazole rings is 1. The third kappa shape index (κ3) is 2.35. The average molecular weight is 194 g/mol. The third-order valence-electron chi connectivity index (χ3n) is 3.23. The molecule has 1 aliphatic rings. The van der Waals surface area contributed by atoms with E-state index < -0.39 is 0 Å². The summed E-state index contributed by atoms with van der Waals surface area (Å²) < 4.78 is 5.15. The fraction of sp³-hybridized carbons (Fsp3) is 0.727. The van der Waals surface area contributed by atoms with E-state index in [9.17, 15) is 0 Å². The zero-order chi connectivity index (χ0) is 9.80. The minimum Gasteiger partial charge on any atom is -0.447 e. The van der Waals surface area contributed by atoms with E-state index in [2.05, 4.69) is 17.2 Å². The maximum absolute atomic E-state index is 5.15. The average Bonchev–Trinajstić information content (AvgIpc) is 2.78. The van der Waals surface area contributed by atoms with Gasteiger partial charge in [0, 0.05) is 0 Å². The van der Waals surface area contributed by atoms with Crippen LogP contribution in [0.25, 0.3) is 0 Å². The van der Waals surface area contributed by atoms with E-state index in [1.807, 2.05) is 0 Å². The summed E-state index contributed by atoms with van der Waals surface area (Å²) in [6, 6.07) is 0. The second kappa shape index (κ2) is 4.60. The van der Waals surface area contributed by atoms with E-state index in [0.29, 0.717) is 0 Å². The van der Waals surface area contributed by atoms with E-state index >= 15 is 0 Å². The monoisotopic (exact) mass is 194 g/mol. The summed E-state index contributed by atoms with van der Waals surface area (Å²) in [5.74, 6) is 2.67. The normalized spacial score (nSPS) is 26.9. The van der Waals surface area contributed by atoms with Crippen molar-refractivity contribution in [3.05, 3.63) is 18.4 Å². The smallest absolute Gasteiger partial charge is 0.180 e. The van der Waals surface area contributed by atoms with E-state index in [-0.39, 0.29) is 0 Å². The molecule has 1 heterocycles. The van der Waals surface area contributed by atoms with Gasteiger partial charge in [-0.15, -0.1) is 0 Å². The molecule has 0 bridgehead atoms. The minimum absolute atomic E-state index is 0.809. The molecule has 2 unspecified atom stereocenters. The fourth-order valence-corrected chi connectivity index (χ4v) is 2.24. The Labute approximate surface area is 84.9 Å². The molecule has 14 heavy (non-hydrogen) atoms. The molecule has 0 amide bonds. The number of nitrogens with zero attached hydrogens (tertiary/aromatic N) is 1. The lowest BCUT2D eigenvalue weighted by Crippen LogP contribution is -2.23. The first-order valence-electron chi connectivity index (χ1n) is 5.44. The largest absolute Gasteiger partial charge is 0.447 e. The Bertz CT molecular complexity index is 258. The van der Waals surface area contributed by atoms with Gasteiger partial charge >= 0.3 is 0 Å². The highest BCUT2D eigenvalue weighted by Gasteiger charge is 2.22. The van der Waals surface area contributed by atoms with Gasteiger partial charge in [0.15, 0.2) is 6.39 Å². The second-order valence-electron chi connectivity index (χ2n) is 4.27. The Morgan fingerprint density at radius 3 is 3.14 bits per heavy atom. The molecule has 1 N–H and O–H groups in total. The van der Waals surface area contributed by atoms with Gasteiger partial charge in [0.2, 0.25) is 0 Å². The Morgan fingerprint density at radius 1 is 1.57 bits per heavy atom. The van der Waals surface area contributed by atoms with Gasteiger partial charge in [0.25, 0.3) is 0 Å². The van der Waals surface area contributed by atoms with Gasteiger partial charge < -0.3 is 9.73 Å². The Hall–Kier alpha value is -0.830. The molecule has 1 aromatic rings. The topological polar surface area (TPSA) is 38.1 Å². The number of hydrogen-bond donors (Lipinski definition) is 1. The molecule has 2 rings (SSSR count). The summed E-state index contributed by atoms with van der Waals surface area (Å²) in [5.41, 5.74) is 0. The maximum atomic E-state index is 5.15. The molecule has 3 nitrogen and oxygen atoms in total. The molecule has 0 saturated heterocycles. The van der Waals surface area contributed by atoms with E-state index in [0.717, 1.165) is 30.7 Å². The van der Waals surface area contributed by atoms with Crippen LogP contribution in [0.3, 0.4) is 0 Å². The van der Waals surface area contributed by atoms with Crippen LogP contribution >= 0.6 is 0 Å². The summed E-state index contributed by atoms with van der Waals surface area (Å²) in [7, 11) is 0. The van der Waals surface area contributed by atoms with Crippen LogP contribution in [0.5, 0.6) is 0 Å². The van der Waals surface area contributed by atoms with Gasteiger partial charge in [-0.05, 0) is 24.8 Å². The highest BCUT2D eigenvalue weighted by Crippen LogP contribution is 2.30. The quantitative estimate of drug-likeness (QED) is 0.798. The highest BCUT2D eigenvalue weighted by molar-refractivity contribution is 4.87. The van der Waals surface area contributed by atoms with Crippen molar-refractivity contribution in [1.29, 1.82) is 0 Å². The van der Waals surface area contributed by atoms with Gasteiger partial charge in [-0.25, -0.2) is 4.98 Å². The van der Waals surface area contributed by atoms with Crippen molar-refractivity contribution in [3.63, 3.8) is 0 Å². The van der Waals surface area contributed by atoms with Gasteiger partial charge in [0.05, 0.1) is 12.7 Å². The van der Waals surface area contributed by atoms with Crippen molar-refractivity contribution in [2.75, 3.05) is 6.54 Å². The molecule has 0 radical (unpaired) electrons. The first-order valence-corrected chi connectivity index (χ1v) is 5.44. The zero-order valence-corrected chi connectivity index (χ0v) is 8.70. The van der Waals surface area contributed by atoms with Crippen LogP contribution in [0.2, 0.25) is 0 Å². The van der Waals surface area contributed by atoms with E-state index in [1.165, 1.54) is 25.7 Å². The molecule has 0 spiro atoms. The number of aromatic nitrogens is 1. The van der Waals surface area contributed by atoms with Gasteiger partial charge in [-0.3, -0.25) is 0 Å². The van der Waals surface area contributed by atoms with Crippen molar-refractivity contribution in [1.82, 2.24) is 10.3 Å². The summed E-state index contributed by atoms with van der Waals surface area (Å²) in [4.78, 5) is 3.88. The van der Waals surface area contributed by atoms with Crippen LogP contribution in [-0.4, -0.2) is 11.5 Å². The van der Waals surface area contributed by atoms with Crippen LogP contribution in [0, 0.1) is 11.8 Å². The minimum atomic E-state index is 0.809. The summed E-state index contributed by atoms with van der Waals surface area (Å²) in [6.45, 7) is 4.28. The van der Waals surface area contributed by atoms with Crippen LogP contribution in [0.1, 0.15) is 31.9 Å². The second-order valence-corrected chi connectivity index (χ2v) is 4.27. The predicted molar refractivity (Wildman–Crippen MR) is 54.7 cm³/mol. The molecule has 1 aromatic heterocycles. The van der Waals surface area contributed by atoms with Crippen molar-refractivity contribution < 1.29 is 4.42 Å². The lowest BCUT2D eigenvalue weighted by Gasteiger charge is -2.15. The van der Waals surface area contributed by atoms with Crippen LogP contribution in [0.15, 0.2) is 17.0 Å². The first kappa shape index (κ1) is 9.71. The van der Waals surface area contributed by atoms with Crippen molar-refractivity contribution >= 4 is 0 Å². The molecule has 2 atom stereocenters. The Morgan fingerprint density at radius 2 is 2.50 bits per heavy atom. The van der Waals surface area contributed by atoms with Crippen LogP contribution in [0.4, 0.5) is 0 Å². The zero-order valence-electron chi connectivity index (χ0n) is 8.70.